The van der Waals surface area contributed by atoms with Gasteiger partial charge in [0, 0.05) is 24.9 Å². The van der Waals surface area contributed by atoms with E-state index in [1.807, 2.05) is 18.8 Å². The summed E-state index contributed by atoms with van der Waals surface area (Å²) in [5.74, 6) is 3.11. The minimum absolute atomic E-state index is 0.370. The molecule has 1 aliphatic heterocycles. The zero-order valence-corrected chi connectivity index (χ0v) is 14.1. The Morgan fingerprint density at radius 2 is 2.04 bits per heavy atom. The molecule has 0 bridgehead atoms. The Bertz CT molecular complexity index is 650. The fourth-order valence-electron chi connectivity index (χ4n) is 3.11. The van der Waals surface area contributed by atoms with Crippen LogP contribution in [0.15, 0.2) is 24.3 Å². The Labute approximate surface area is 137 Å². The molecule has 2 atom stereocenters. The van der Waals surface area contributed by atoms with Crippen LogP contribution in [0, 0.1) is 0 Å². The molecule has 0 aliphatic carbocycles. The van der Waals surface area contributed by atoms with E-state index in [4.69, 9.17) is 10.5 Å². The first-order chi connectivity index (χ1) is 11.0. The normalized spacial score (nSPS) is 20.5. The van der Waals surface area contributed by atoms with Gasteiger partial charge in [-0.05, 0) is 38.2 Å². The first-order valence-corrected chi connectivity index (χ1v) is 8.10. The van der Waals surface area contributed by atoms with E-state index >= 15 is 0 Å². The zero-order chi connectivity index (χ0) is 16.4. The number of benzene rings is 1. The molecule has 0 saturated heterocycles. The lowest BCUT2D eigenvalue weighted by Gasteiger charge is -2.27. The maximum absolute atomic E-state index is 5.75. The molecule has 3 rings (SSSR count). The first-order valence-electron chi connectivity index (χ1n) is 8.10. The summed E-state index contributed by atoms with van der Waals surface area (Å²) in [7, 11) is 4.09. The zero-order valence-electron chi connectivity index (χ0n) is 14.1. The molecule has 23 heavy (non-hydrogen) atoms. The van der Waals surface area contributed by atoms with Crippen molar-refractivity contribution in [1.29, 1.82) is 0 Å². The van der Waals surface area contributed by atoms with Gasteiger partial charge in [-0.2, -0.15) is 4.98 Å². The second-order valence-electron chi connectivity index (χ2n) is 6.56. The highest BCUT2D eigenvalue weighted by Gasteiger charge is 2.27. The molecule has 1 aromatic heterocycles. The Kier molecular flexibility index (Phi) is 4.52. The summed E-state index contributed by atoms with van der Waals surface area (Å²) in [6.07, 6.45) is 1.07. The molecule has 2 heterocycles. The van der Waals surface area contributed by atoms with Crippen molar-refractivity contribution in [2.24, 2.45) is 0 Å². The van der Waals surface area contributed by atoms with Crippen LogP contribution in [0.4, 0.5) is 5.95 Å². The summed E-state index contributed by atoms with van der Waals surface area (Å²) in [5, 5.41) is 4.31. The third-order valence-electron chi connectivity index (χ3n) is 4.35. The predicted octanol–water partition coefficient (Wildman–Crippen LogP) is 2.09. The van der Waals surface area contributed by atoms with Crippen LogP contribution >= 0.6 is 0 Å². The van der Waals surface area contributed by atoms with Gasteiger partial charge in [-0.25, -0.2) is 4.68 Å². The molecule has 0 radical (unpaired) electrons. The molecule has 0 amide bonds. The average Bonchev–Trinajstić information content (AvgIpc) is 2.88. The summed E-state index contributed by atoms with van der Waals surface area (Å²) in [6, 6.07) is 8.43. The van der Waals surface area contributed by atoms with Crippen molar-refractivity contribution < 1.29 is 4.74 Å². The molecule has 0 fully saturated rings. The summed E-state index contributed by atoms with van der Waals surface area (Å²) >= 11 is 0. The lowest BCUT2D eigenvalue weighted by Crippen LogP contribution is -2.22. The van der Waals surface area contributed by atoms with Crippen molar-refractivity contribution in [3.05, 3.63) is 35.7 Å². The number of hydrogen-bond acceptors (Lipinski definition) is 5. The van der Waals surface area contributed by atoms with Crippen LogP contribution in [0.5, 0.6) is 5.75 Å². The van der Waals surface area contributed by atoms with Crippen LogP contribution in [-0.2, 0) is 6.54 Å². The van der Waals surface area contributed by atoms with Gasteiger partial charge in [-0.15, -0.1) is 5.10 Å². The average molecular weight is 315 g/mol. The van der Waals surface area contributed by atoms with E-state index in [0.717, 1.165) is 31.1 Å². The fraction of sp³-hybridized carbons (Fsp3) is 0.529. The number of nitrogen functional groups attached to an aromatic ring is 1. The number of rotatable bonds is 5. The topological polar surface area (TPSA) is 69.2 Å². The number of aromatic nitrogens is 3. The van der Waals surface area contributed by atoms with E-state index in [2.05, 4.69) is 46.2 Å². The molecular weight excluding hydrogens is 290 g/mol. The summed E-state index contributed by atoms with van der Waals surface area (Å²) in [4.78, 5) is 6.44. The van der Waals surface area contributed by atoms with Crippen LogP contribution in [0.2, 0.25) is 0 Å². The SMILES string of the molecule is CC1CC(c2ccc(OCCN(C)C)cc2)Cn2nc(N)nc21. The van der Waals surface area contributed by atoms with Gasteiger partial charge in [-0.1, -0.05) is 19.1 Å². The first kappa shape index (κ1) is 15.8. The van der Waals surface area contributed by atoms with Crippen molar-refractivity contribution >= 4 is 5.95 Å². The second kappa shape index (κ2) is 6.58. The van der Waals surface area contributed by atoms with Gasteiger partial charge in [0.05, 0.1) is 0 Å². The molecular formula is C17H25N5O. The number of nitrogens with two attached hydrogens (primary N) is 1. The van der Waals surface area contributed by atoms with E-state index in [-0.39, 0.29) is 0 Å². The molecule has 2 unspecified atom stereocenters. The third-order valence-corrected chi connectivity index (χ3v) is 4.35. The maximum atomic E-state index is 5.75. The Balaban J connectivity index is 1.66. The Morgan fingerprint density at radius 1 is 1.30 bits per heavy atom. The molecule has 2 N–H and O–H groups in total. The highest BCUT2D eigenvalue weighted by molar-refractivity contribution is 5.30. The van der Waals surface area contributed by atoms with Gasteiger partial charge in [0.1, 0.15) is 18.2 Å². The number of anilines is 1. The quantitative estimate of drug-likeness (QED) is 0.915. The van der Waals surface area contributed by atoms with Gasteiger partial charge in [0.15, 0.2) is 0 Å². The number of fused-ring (bicyclic) bond motifs is 1. The van der Waals surface area contributed by atoms with Gasteiger partial charge < -0.3 is 15.4 Å². The standard InChI is InChI=1S/C17H25N5O/c1-12-10-14(11-22-16(12)19-17(18)20-22)13-4-6-15(7-5-13)23-9-8-21(2)3/h4-7,12,14H,8-11H2,1-3H3,(H2,18,20). The number of hydrogen-bond donors (Lipinski definition) is 1. The minimum Gasteiger partial charge on any atom is -0.492 e. The third kappa shape index (κ3) is 3.64. The molecule has 124 valence electrons. The van der Waals surface area contributed by atoms with Gasteiger partial charge in [0.2, 0.25) is 5.95 Å². The molecule has 0 saturated carbocycles. The molecule has 2 aromatic rings. The van der Waals surface area contributed by atoms with Gasteiger partial charge >= 0.3 is 0 Å². The number of ether oxygens (including phenoxy) is 1. The van der Waals surface area contributed by atoms with E-state index in [1.165, 1.54) is 5.56 Å². The van der Waals surface area contributed by atoms with Crippen LogP contribution < -0.4 is 10.5 Å². The predicted molar refractivity (Wildman–Crippen MR) is 90.7 cm³/mol. The highest BCUT2D eigenvalue weighted by Crippen LogP contribution is 2.35. The van der Waals surface area contributed by atoms with Crippen molar-refractivity contribution in [2.75, 3.05) is 33.0 Å². The molecule has 1 aromatic carbocycles. The molecule has 1 aliphatic rings. The lowest BCUT2D eigenvalue weighted by molar-refractivity contribution is 0.261. The Hall–Kier alpha value is -2.08. The minimum atomic E-state index is 0.370. The van der Waals surface area contributed by atoms with Gasteiger partial charge in [-0.3, -0.25) is 0 Å². The van der Waals surface area contributed by atoms with Crippen LogP contribution in [0.25, 0.3) is 0 Å². The van der Waals surface area contributed by atoms with E-state index in [0.29, 0.717) is 24.4 Å². The number of nitrogens with zero attached hydrogens (tertiary/aromatic N) is 4. The monoisotopic (exact) mass is 315 g/mol. The summed E-state index contributed by atoms with van der Waals surface area (Å²) < 4.78 is 7.71. The van der Waals surface area contributed by atoms with E-state index in [9.17, 15) is 0 Å². The summed E-state index contributed by atoms with van der Waals surface area (Å²) in [6.45, 7) is 4.64. The molecule has 6 nitrogen and oxygen atoms in total. The van der Waals surface area contributed by atoms with E-state index < -0.39 is 0 Å². The molecule has 0 spiro atoms. The summed E-state index contributed by atoms with van der Waals surface area (Å²) in [5.41, 5.74) is 7.05. The second-order valence-corrected chi connectivity index (χ2v) is 6.56. The number of likely N-dealkylation sites (N-methyl/N-ethyl adjacent to an activating group) is 1. The van der Waals surface area contributed by atoms with E-state index in [1.54, 1.807) is 0 Å². The van der Waals surface area contributed by atoms with Crippen LogP contribution in [0.1, 0.15) is 36.6 Å². The van der Waals surface area contributed by atoms with Crippen molar-refractivity contribution in [3.8, 4) is 5.75 Å². The van der Waals surface area contributed by atoms with Crippen LogP contribution in [-0.4, -0.2) is 46.9 Å². The van der Waals surface area contributed by atoms with Crippen molar-refractivity contribution in [2.45, 2.75) is 31.7 Å². The van der Waals surface area contributed by atoms with Gasteiger partial charge in [0.25, 0.3) is 0 Å². The highest BCUT2D eigenvalue weighted by atomic mass is 16.5. The van der Waals surface area contributed by atoms with Crippen molar-refractivity contribution in [3.63, 3.8) is 0 Å². The maximum Gasteiger partial charge on any atom is 0.239 e. The van der Waals surface area contributed by atoms with Crippen molar-refractivity contribution in [1.82, 2.24) is 19.7 Å². The lowest BCUT2D eigenvalue weighted by atomic mass is 9.86. The Morgan fingerprint density at radius 3 is 2.74 bits per heavy atom. The largest absolute Gasteiger partial charge is 0.492 e. The molecule has 6 heteroatoms. The smallest absolute Gasteiger partial charge is 0.239 e. The van der Waals surface area contributed by atoms with Crippen LogP contribution in [0.3, 0.4) is 0 Å². The fourth-order valence-corrected chi connectivity index (χ4v) is 3.11.